The van der Waals surface area contributed by atoms with Crippen LogP contribution in [0.5, 0.6) is 0 Å². The lowest BCUT2D eigenvalue weighted by Crippen LogP contribution is -2.44. The molecule has 3 rings (SSSR count). The van der Waals surface area contributed by atoms with Crippen molar-refractivity contribution in [2.24, 2.45) is 28.9 Å². The zero-order chi connectivity index (χ0) is 27.7. The average Bonchev–Trinajstić information content (AvgIpc) is 3.25. The monoisotopic (exact) mass is 537 g/mol. The molecule has 11 heteroatoms. The summed E-state index contributed by atoms with van der Waals surface area (Å²) < 4.78 is 0. The van der Waals surface area contributed by atoms with Crippen LogP contribution in [0.3, 0.4) is 0 Å². The summed E-state index contributed by atoms with van der Waals surface area (Å²) in [6.07, 6.45) is 2.79. The maximum atomic E-state index is 13.1. The molecule has 0 spiro atoms. The van der Waals surface area contributed by atoms with Crippen molar-refractivity contribution < 1.29 is 33.6 Å². The lowest BCUT2D eigenvalue weighted by molar-refractivity contribution is -0.201. The van der Waals surface area contributed by atoms with Crippen molar-refractivity contribution >= 4 is 47.1 Å². The molecule has 2 saturated heterocycles. The molecule has 206 valence electrons. The normalized spacial score (nSPS) is 26.7. The second-order valence-corrected chi connectivity index (χ2v) is 13.5. The van der Waals surface area contributed by atoms with E-state index in [4.69, 9.17) is 10.6 Å². The first-order valence-corrected chi connectivity index (χ1v) is 13.9. The zero-order valence-corrected chi connectivity index (χ0v) is 23.2. The Morgan fingerprint density at radius 1 is 1.00 bits per heavy atom. The predicted molar refractivity (Wildman–Crippen MR) is 136 cm³/mol. The van der Waals surface area contributed by atoms with Gasteiger partial charge in [-0.25, -0.2) is 4.79 Å². The first-order valence-electron chi connectivity index (χ1n) is 13.0. The fourth-order valence-corrected chi connectivity index (χ4v) is 7.26. The number of carbonyl (C=O) groups is 6. The van der Waals surface area contributed by atoms with Crippen molar-refractivity contribution in [3.8, 4) is 0 Å². The molecule has 0 aromatic carbocycles. The minimum atomic E-state index is -0.860. The molecule has 2 atom stereocenters. The Morgan fingerprint density at radius 3 is 2.11 bits per heavy atom. The highest BCUT2D eigenvalue weighted by Gasteiger charge is 2.45. The van der Waals surface area contributed by atoms with Crippen molar-refractivity contribution in [1.29, 1.82) is 0 Å². The lowest BCUT2D eigenvalue weighted by Gasteiger charge is -2.35. The van der Waals surface area contributed by atoms with Crippen molar-refractivity contribution in [1.82, 2.24) is 9.96 Å². The average molecular weight is 538 g/mol. The summed E-state index contributed by atoms with van der Waals surface area (Å²) in [5, 5.41) is -0.0203. The summed E-state index contributed by atoms with van der Waals surface area (Å²) in [5.74, 6) is -2.48. The van der Waals surface area contributed by atoms with Gasteiger partial charge < -0.3 is 10.6 Å². The first-order chi connectivity index (χ1) is 17.1. The molecule has 2 unspecified atom stereocenters. The van der Waals surface area contributed by atoms with Gasteiger partial charge >= 0.3 is 5.97 Å². The van der Waals surface area contributed by atoms with Crippen molar-refractivity contribution in [3.05, 3.63) is 0 Å². The Morgan fingerprint density at radius 2 is 1.57 bits per heavy atom. The number of nitrogens with zero attached hydrogens (tertiary/aromatic N) is 2. The van der Waals surface area contributed by atoms with E-state index in [0.717, 1.165) is 0 Å². The molecule has 2 aliphatic heterocycles. The van der Waals surface area contributed by atoms with Crippen LogP contribution in [0.15, 0.2) is 0 Å². The van der Waals surface area contributed by atoms with Crippen LogP contribution in [-0.2, 0) is 33.6 Å². The van der Waals surface area contributed by atoms with Gasteiger partial charge in [0.15, 0.2) is 0 Å². The number of hydrogen-bond acceptors (Lipinski definition) is 9. The van der Waals surface area contributed by atoms with Gasteiger partial charge in [-0.2, -0.15) is 0 Å². The van der Waals surface area contributed by atoms with E-state index < -0.39 is 39.2 Å². The van der Waals surface area contributed by atoms with Gasteiger partial charge in [0.05, 0.1) is 16.0 Å². The largest absolute Gasteiger partial charge is 0.336 e. The Labute approximate surface area is 222 Å². The minimum absolute atomic E-state index is 0.0488. The van der Waals surface area contributed by atoms with Gasteiger partial charge in [-0.3, -0.25) is 28.9 Å². The number of thioether (sulfide) groups is 1. The second kappa shape index (κ2) is 11.2. The number of hydroxylamine groups is 2. The topological polar surface area (TPSA) is 144 Å². The molecule has 10 nitrogen and oxygen atoms in total. The summed E-state index contributed by atoms with van der Waals surface area (Å²) in [6.45, 7) is 9.53. The fourth-order valence-electron chi connectivity index (χ4n) is 5.71. The van der Waals surface area contributed by atoms with Gasteiger partial charge in [-0.1, -0.05) is 27.7 Å². The molecule has 4 amide bonds. The number of hydrogen-bond donors (Lipinski definition) is 1. The van der Waals surface area contributed by atoms with Crippen LogP contribution in [0, 0.1) is 23.2 Å². The quantitative estimate of drug-likeness (QED) is 0.328. The van der Waals surface area contributed by atoms with E-state index in [1.807, 2.05) is 27.7 Å². The van der Waals surface area contributed by atoms with Crippen LogP contribution in [0.25, 0.3) is 0 Å². The van der Waals surface area contributed by atoms with Crippen LogP contribution in [0.1, 0.15) is 86.0 Å². The summed E-state index contributed by atoms with van der Waals surface area (Å²) in [6, 6.07) is 0. The smallest absolute Gasteiger partial charge is 0.330 e. The van der Waals surface area contributed by atoms with Gasteiger partial charge in [0.2, 0.25) is 11.8 Å². The van der Waals surface area contributed by atoms with Crippen molar-refractivity contribution in [3.63, 3.8) is 0 Å². The van der Waals surface area contributed by atoms with E-state index in [9.17, 15) is 28.8 Å². The summed E-state index contributed by atoms with van der Waals surface area (Å²) in [5.41, 5.74) is 5.87. The molecule has 2 heterocycles. The number of likely N-dealkylation sites (tertiary alicyclic amines) is 1. The highest BCUT2D eigenvalue weighted by atomic mass is 32.2. The first kappa shape index (κ1) is 29.3. The van der Waals surface area contributed by atoms with E-state index in [-0.39, 0.29) is 55.2 Å². The Bertz CT molecular complexity index is 953. The van der Waals surface area contributed by atoms with Crippen molar-refractivity contribution in [2.75, 3.05) is 6.54 Å². The molecule has 0 bridgehead atoms. The maximum absolute atomic E-state index is 13.1. The molecule has 0 aromatic rings. The van der Waals surface area contributed by atoms with Gasteiger partial charge in [0.25, 0.3) is 11.8 Å². The summed E-state index contributed by atoms with van der Waals surface area (Å²) >= 11 is 1.26. The number of rotatable bonds is 10. The number of amides is 4. The van der Waals surface area contributed by atoms with E-state index in [0.29, 0.717) is 37.2 Å². The lowest BCUT2D eigenvalue weighted by atomic mass is 9.78. The summed E-state index contributed by atoms with van der Waals surface area (Å²) in [7, 11) is 0. The van der Waals surface area contributed by atoms with Gasteiger partial charge in [0.1, 0.15) is 5.78 Å². The zero-order valence-electron chi connectivity index (χ0n) is 22.4. The molecule has 2 N–H and O–H groups in total. The highest BCUT2D eigenvalue weighted by Crippen LogP contribution is 2.41. The van der Waals surface area contributed by atoms with E-state index in [1.54, 1.807) is 6.92 Å². The molecule has 0 radical (unpaired) electrons. The Balaban J connectivity index is 1.50. The van der Waals surface area contributed by atoms with Crippen LogP contribution < -0.4 is 5.73 Å². The number of carbonyl (C=O) groups excluding carboxylic acids is 6. The maximum Gasteiger partial charge on any atom is 0.336 e. The molecule has 0 aromatic heterocycles. The van der Waals surface area contributed by atoms with Crippen LogP contribution >= 0.6 is 11.8 Å². The van der Waals surface area contributed by atoms with E-state index >= 15 is 0 Å². The van der Waals surface area contributed by atoms with Gasteiger partial charge in [0, 0.05) is 37.1 Å². The number of Topliss-reactive ketones (excluding diaryl/α,β-unsaturated/α-hetero) is 1. The molecule has 3 aliphatic rings. The number of ketones is 1. The number of nitrogens with two attached hydrogens (primary N) is 1. The minimum Gasteiger partial charge on any atom is -0.330 e. The molecule has 37 heavy (non-hydrogen) atoms. The Hall–Kier alpha value is -2.27. The third kappa shape index (κ3) is 6.98. The third-order valence-electron chi connectivity index (χ3n) is 7.41. The Kier molecular flexibility index (Phi) is 8.89. The predicted octanol–water partition coefficient (Wildman–Crippen LogP) is 2.58. The van der Waals surface area contributed by atoms with E-state index in [2.05, 4.69) is 0 Å². The number of imide groups is 2. The molecule has 1 aliphatic carbocycles. The van der Waals surface area contributed by atoms with Gasteiger partial charge in [-0.05, 0) is 44.9 Å². The van der Waals surface area contributed by atoms with Gasteiger partial charge in [-0.15, -0.1) is 16.8 Å². The van der Waals surface area contributed by atoms with Crippen molar-refractivity contribution in [2.45, 2.75) is 96.1 Å². The van der Waals surface area contributed by atoms with Crippen LogP contribution in [0.2, 0.25) is 0 Å². The molecular weight excluding hydrogens is 498 g/mol. The SMILES string of the molecule is CC(C)C(=O)C(C)(C)CC(C)(N)SC1CC(=O)N(CC2CCC(C(=O)ON3C(=O)CCC3=O)CC2)C1=O. The van der Waals surface area contributed by atoms with E-state index in [1.165, 1.54) is 16.7 Å². The third-order valence-corrected chi connectivity index (χ3v) is 8.74. The molecule has 1 saturated carbocycles. The molecule has 3 fully saturated rings. The fraction of sp³-hybridized carbons (Fsp3) is 0.769. The summed E-state index contributed by atoms with van der Waals surface area (Å²) in [4.78, 5) is 79.7. The highest BCUT2D eigenvalue weighted by molar-refractivity contribution is 8.01. The molecular formula is C26H39N3O7S. The van der Waals surface area contributed by atoms with Crippen LogP contribution in [-0.4, -0.2) is 62.0 Å². The van der Waals surface area contributed by atoms with Crippen LogP contribution in [0.4, 0.5) is 0 Å². The second-order valence-electron chi connectivity index (χ2n) is 11.8. The standard InChI is InChI=1S/C26H39N3O7S/c1-15(2)22(33)25(3,4)14-26(5,27)37-18-12-21(32)28(23(18)34)13-16-6-8-17(9-7-16)24(35)36-29-19(30)10-11-20(29)31/h15-18H,6-14,27H2,1-5H3.